The highest BCUT2D eigenvalue weighted by atomic mass is 35.5. The first-order valence-corrected chi connectivity index (χ1v) is 7.82. The number of aromatic amines is 1. The third-order valence-electron chi connectivity index (χ3n) is 3.97. The molecular weight excluding hydrogens is 324 g/mol. The van der Waals surface area contributed by atoms with E-state index in [0.717, 1.165) is 36.9 Å². The lowest BCUT2D eigenvalue weighted by Crippen LogP contribution is -2.20. The van der Waals surface area contributed by atoms with Crippen molar-refractivity contribution >= 4 is 23.3 Å². The summed E-state index contributed by atoms with van der Waals surface area (Å²) in [6.45, 7) is 1.78. The molecule has 1 heterocycles. The quantitative estimate of drug-likeness (QED) is 0.602. The fourth-order valence-corrected chi connectivity index (χ4v) is 2.74. The van der Waals surface area contributed by atoms with E-state index >= 15 is 0 Å². The van der Waals surface area contributed by atoms with Crippen LogP contribution in [-0.2, 0) is 12.8 Å². The summed E-state index contributed by atoms with van der Waals surface area (Å²) in [4.78, 5) is 14.1. The Labute approximate surface area is 147 Å². The molecule has 0 amide bonds. The second-order valence-corrected chi connectivity index (χ2v) is 5.59. The van der Waals surface area contributed by atoms with Crippen molar-refractivity contribution in [3.05, 3.63) is 76.1 Å². The first-order valence-electron chi connectivity index (χ1n) is 7.82. The monoisotopic (exact) mass is 344 g/mol. The van der Waals surface area contributed by atoms with Crippen LogP contribution in [0.1, 0.15) is 11.1 Å². The van der Waals surface area contributed by atoms with E-state index in [2.05, 4.69) is 34.6 Å². The number of phenols is 1. The number of hydrogen-bond donors (Lipinski definition) is 3. The fourth-order valence-electron chi connectivity index (χ4n) is 2.74. The van der Waals surface area contributed by atoms with Crippen molar-refractivity contribution in [3.63, 3.8) is 0 Å². The summed E-state index contributed by atoms with van der Waals surface area (Å²) in [5.74, 6) is 0.110. The van der Waals surface area contributed by atoms with Crippen LogP contribution in [0.5, 0.6) is 5.75 Å². The molecule has 5 heteroatoms. The van der Waals surface area contributed by atoms with Crippen molar-refractivity contribution in [2.24, 2.45) is 0 Å². The summed E-state index contributed by atoms with van der Waals surface area (Å²) in [5, 5.41) is 14.2. The molecule has 0 aliphatic rings. The van der Waals surface area contributed by atoms with Gasteiger partial charge in [0.15, 0.2) is 0 Å². The number of halogens is 1. The number of aromatic hydroxyl groups is 1. The lowest BCUT2D eigenvalue weighted by atomic mass is 10.0. The average molecular weight is 345 g/mol. The molecule has 24 heavy (non-hydrogen) atoms. The molecule has 0 spiro atoms. The van der Waals surface area contributed by atoms with Crippen molar-refractivity contribution in [1.29, 1.82) is 0 Å². The third kappa shape index (κ3) is 4.37. The Kier molecular flexibility index (Phi) is 6.41. The Morgan fingerprint density at radius 1 is 0.917 bits per heavy atom. The zero-order valence-electron chi connectivity index (χ0n) is 13.3. The molecule has 0 radical (unpaired) electrons. The molecule has 0 unspecified atom stereocenters. The maximum absolute atomic E-state index is 11.4. The van der Waals surface area contributed by atoms with E-state index < -0.39 is 0 Å². The van der Waals surface area contributed by atoms with Gasteiger partial charge < -0.3 is 15.4 Å². The summed E-state index contributed by atoms with van der Waals surface area (Å²) in [7, 11) is 0. The predicted molar refractivity (Wildman–Crippen MR) is 100 cm³/mol. The molecule has 0 saturated carbocycles. The Hall–Kier alpha value is -2.30. The van der Waals surface area contributed by atoms with Crippen LogP contribution in [0.25, 0.3) is 10.9 Å². The standard InChI is InChI=1S/C19H20N2O2.ClH/c22-17-8-6-15(16-7-9-18(23)21-19(16)17)11-13-20-12-10-14-4-2-1-3-5-14;/h1-9,20,22H,10-13H2,(H,21,23);1H. The number of hydrogen-bond acceptors (Lipinski definition) is 3. The summed E-state index contributed by atoms with van der Waals surface area (Å²) in [5.41, 5.74) is 2.75. The smallest absolute Gasteiger partial charge is 0.248 e. The lowest BCUT2D eigenvalue weighted by Gasteiger charge is -2.09. The van der Waals surface area contributed by atoms with Crippen molar-refractivity contribution < 1.29 is 5.11 Å². The highest BCUT2D eigenvalue weighted by Crippen LogP contribution is 2.24. The van der Waals surface area contributed by atoms with Gasteiger partial charge in [0.05, 0.1) is 5.52 Å². The topological polar surface area (TPSA) is 65.1 Å². The number of phenolic OH excluding ortho intramolecular Hbond substituents is 1. The van der Waals surface area contributed by atoms with Crippen molar-refractivity contribution in [3.8, 4) is 5.75 Å². The minimum absolute atomic E-state index is 0. The normalized spacial score (nSPS) is 10.5. The second-order valence-electron chi connectivity index (χ2n) is 5.59. The Bertz CT molecular complexity index is 847. The molecule has 0 saturated heterocycles. The maximum Gasteiger partial charge on any atom is 0.248 e. The van der Waals surface area contributed by atoms with E-state index in [-0.39, 0.29) is 23.7 Å². The maximum atomic E-state index is 11.4. The Morgan fingerprint density at radius 2 is 1.67 bits per heavy atom. The van der Waals surface area contributed by atoms with E-state index in [9.17, 15) is 9.90 Å². The van der Waals surface area contributed by atoms with Gasteiger partial charge in [0, 0.05) is 11.5 Å². The van der Waals surface area contributed by atoms with Crippen molar-refractivity contribution in [2.45, 2.75) is 12.8 Å². The molecule has 0 fully saturated rings. The van der Waals surface area contributed by atoms with Gasteiger partial charge in [-0.2, -0.15) is 0 Å². The summed E-state index contributed by atoms with van der Waals surface area (Å²) < 4.78 is 0. The SMILES string of the molecule is Cl.O=c1ccc2c(CCNCCc3ccccc3)ccc(O)c2[nH]1. The van der Waals surface area contributed by atoms with Gasteiger partial charge in [0.2, 0.25) is 5.56 Å². The van der Waals surface area contributed by atoms with Gasteiger partial charge in [0.25, 0.3) is 0 Å². The predicted octanol–water partition coefficient (Wildman–Crippen LogP) is 3.03. The van der Waals surface area contributed by atoms with Gasteiger partial charge >= 0.3 is 0 Å². The third-order valence-corrected chi connectivity index (χ3v) is 3.97. The highest BCUT2D eigenvalue weighted by molar-refractivity contribution is 5.87. The molecule has 0 atom stereocenters. The van der Waals surface area contributed by atoms with E-state index in [0.29, 0.717) is 5.52 Å². The minimum atomic E-state index is -0.203. The Morgan fingerprint density at radius 3 is 2.46 bits per heavy atom. The van der Waals surface area contributed by atoms with E-state index in [1.165, 1.54) is 11.6 Å². The molecule has 126 valence electrons. The molecule has 4 nitrogen and oxygen atoms in total. The molecule has 0 aliphatic heterocycles. The van der Waals surface area contributed by atoms with Crippen LogP contribution in [0.3, 0.4) is 0 Å². The molecule has 3 N–H and O–H groups in total. The molecule has 2 aromatic carbocycles. The van der Waals surface area contributed by atoms with Gasteiger partial charge in [0.1, 0.15) is 5.75 Å². The number of fused-ring (bicyclic) bond motifs is 1. The molecule has 0 bridgehead atoms. The molecule has 3 aromatic rings. The zero-order chi connectivity index (χ0) is 16.1. The second kappa shape index (κ2) is 8.52. The van der Waals surface area contributed by atoms with E-state index in [1.54, 1.807) is 12.1 Å². The zero-order valence-corrected chi connectivity index (χ0v) is 14.1. The van der Waals surface area contributed by atoms with Crippen LogP contribution in [0.2, 0.25) is 0 Å². The summed E-state index contributed by atoms with van der Waals surface area (Å²) in [6, 6.07) is 17.2. The van der Waals surface area contributed by atoms with Gasteiger partial charge in [-0.3, -0.25) is 4.79 Å². The van der Waals surface area contributed by atoms with E-state index in [4.69, 9.17) is 0 Å². The number of H-pyrrole nitrogens is 1. The van der Waals surface area contributed by atoms with Crippen LogP contribution < -0.4 is 10.9 Å². The first-order chi connectivity index (χ1) is 11.2. The highest BCUT2D eigenvalue weighted by Gasteiger charge is 2.06. The average Bonchev–Trinajstić information content (AvgIpc) is 2.58. The molecular formula is C19H21ClN2O2. The largest absolute Gasteiger partial charge is 0.506 e. The number of aromatic nitrogens is 1. The van der Waals surface area contributed by atoms with Crippen LogP contribution in [0, 0.1) is 0 Å². The van der Waals surface area contributed by atoms with Gasteiger partial charge in [-0.05, 0) is 49.2 Å². The summed E-state index contributed by atoms with van der Waals surface area (Å²) in [6.07, 6.45) is 1.85. The Balaban J connectivity index is 0.00000208. The van der Waals surface area contributed by atoms with Gasteiger partial charge in [-0.15, -0.1) is 12.4 Å². The molecule has 3 rings (SSSR count). The summed E-state index contributed by atoms with van der Waals surface area (Å²) >= 11 is 0. The lowest BCUT2D eigenvalue weighted by molar-refractivity contribution is 0.480. The van der Waals surface area contributed by atoms with Crippen LogP contribution in [0.4, 0.5) is 0 Å². The number of benzene rings is 2. The van der Waals surface area contributed by atoms with E-state index in [1.807, 2.05) is 12.1 Å². The van der Waals surface area contributed by atoms with Crippen molar-refractivity contribution in [1.82, 2.24) is 10.3 Å². The van der Waals surface area contributed by atoms with Crippen LogP contribution in [0.15, 0.2) is 59.4 Å². The number of pyridine rings is 1. The first kappa shape index (κ1) is 18.0. The number of rotatable bonds is 6. The van der Waals surface area contributed by atoms with Crippen molar-refractivity contribution in [2.75, 3.05) is 13.1 Å². The van der Waals surface area contributed by atoms with Crippen LogP contribution >= 0.6 is 12.4 Å². The molecule has 1 aromatic heterocycles. The van der Waals surface area contributed by atoms with Gasteiger partial charge in [-0.25, -0.2) is 0 Å². The fraction of sp³-hybridized carbons (Fsp3) is 0.211. The molecule has 0 aliphatic carbocycles. The van der Waals surface area contributed by atoms with Gasteiger partial charge in [-0.1, -0.05) is 36.4 Å². The number of nitrogens with one attached hydrogen (secondary N) is 2. The minimum Gasteiger partial charge on any atom is -0.506 e. The van der Waals surface area contributed by atoms with Crippen LogP contribution in [-0.4, -0.2) is 23.2 Å².